The van der Waals surface area contributed by atoms with Gasteiger partial charge in [0, 0.05) is 22.1 Å². The molecule has 0 saturated carbocycles. The van der Waals surface area contributed by atoms with Crippen LogP contribution in [0.15, 0.2) is 30.5 Å². The summed E-state index contributed by atoms with van der Waals surface area (Å²) in [6.45, 7) is 4.17. The molecule has 0 aliphatic carbocycles. The molecule has 2 aromatic heterocycles. The van der Waals surface area contributed by atoms with Crippen molar-refractivity contribution in [1.82, 2.24) is 9.97 Å². The number of pyridine rings is 1. The molecule has 0 atom stereocenters. The fourth-order valence-corrected chi connectivity index (χ4v) is 3.62. The third kappa shape index (κ3) is 3.80. The van der Waals surface area contributed by atoms with E-state index in [1.807, 2.05) is 24.3 Å². The largest absolute Gasteiger partial charge is 0.496 e. The van der Waals surface area contributed by atoms with E-state index in [1.165, 1.54) is 5.69 Å². The lowest BCUT2D eigenvalue weighted by Gasteiger charge is -2.15. The second-order valence-electron chi connectivity index (χ2n) is 6.24. The number of rotatable bonds is 6. The van der Waals surface area contributed by atoms with E-state index in [1.54, 1.807) is 7.11 Å². The number of aryl methyl sites for hydroxylation is 1. The van der Waals surface area contributed by atoms with Crippen molar-refractivity contribution in [3.63, 3.8) is 0 Å². The maximum atomic E-state index is 5.62. The zero-order valence-electron chi connectivity index (χ0n) is 14.8. The Kier molecular flexibility index (Phi) is 5.59. The minimum Gasteiger partial charge on any atom is -0.496 e. The number of benzene rings is 1. The SMILES string of the molecule is COc1c(C)c[n+](-c2nc3ccccc3[nH]2)c(CCCC(S)S)c1C. The van der Waals surface area contributed by atoms with Gasteiger partial charge in [-0.25, -0.2) is 9.55 Å². The fraction of sp³-hybridized carbons (Fsp3) is 0.368. The van der Waals surface area contributed by atoms with Crippen LogP contribution in [-0.2, 0) is 6.42 Å². The predicted octanol–water partition coefficient (Wildman–Crippen LogP) is 3.97. The number of fused-ring (bicyclic) bond motifs is 1. The number of imidazole rings is 1. The van der Waals surface area contributed by atoms with Gasteiger partial charge in [0.1, 0.15) is 11.3 Å². The van der Waals surface area contributed by atoms with Crippen LogP contribution in [0.2, 0.25) is 0 Å². The van der Waals surface area contributed by atoms with Crippen LogP contribution in [0.1, 0.15) is 29.7 Å². The molecule has 0 unspecified atom stereocenters. The quantitative estimate of drug-likeness (QED) is 0.347. The lowest BCUT2D eigenvalue weighted by atomic mass is 10.1. The monoisotopic (exact) mass is 374 g/mol. The van der Waals surface area contributed by atoms with Crippen molar-refractivity contribution in [2.75, 3.05) is 7.11 Å². The molecule has 0 amide bonds. The molecule has 0 aliphatic heterocycles. The van der Waals surface area contributed by atoms with Crippen molar-refractivity contribution in [2.45, 2.75) is 37.7 Å². The third-order valence-corrected chi connectivity index (χ3v) is 4.95. The van der Waals surface area contributed by atoms with Gasteiger partial charge in [-0.15, -0.1) is 0 Å². The average molecular weight is 375 g/mol. The number of hydrogen-bond donors (Lipinski definition) is 3. The first-order valence-electron chi connectivity index (χ1n) is 8.41. The maximum Gasteiger partial charge on any atom is 0.402 e. The van der Waals surface area contributed by atoms with Crippen molar-refractivity contribution >= 4 is 36.3 Å². The topological polar surface area (TPSA) is 41.8 Å². The minimum absolute atomic E-state index is 0.104. The molecule has 132 valence electrons. The van der Waals surface area contributed by atoms with Gasteiger partial charge in [0.25, 0.3) is 0 Å². The number of ether oxygens (including phenoxy) is 1. The smallest absolute Gasteiger partial charge is 0.402 e. The van der Waals surface area contributed by atoms with E-state index < -0.39 is 0 Å². The van der Waals surface area contributed by atoms with Gasteiger partial charge >= 0.3 is 5.95 Å². The zero-order chi connectivity index (χ0) is 18.0. The number of thiol groups is 2. The summed E-state index contributed by atoms with van der Waals surface area (Å²) in [5.41, 5.74) is 5.44. The summed E-state index contributed by atoms with van der Waals surface area (Å²) in [5, 5.41) is 0. The van der Waals surface area contributed by atoms with Gasteiger partial charge in [-0.2, -0.15) is 25.3 Å². The first-order valence-corrected chi connectivity index (χ1v) is 9.44. The number of nitrogens with one attached hydrogen (secondary N) is 1. The Morgan fingerprint density at radius 3 is 2.68 bits per heavy atom. The van der Waals surface area contributed by atoms with Gasteiger partial charge in [0.05, 0.1) is 19.0 Å². The molecular weight excluding hydrogens is 350 g/mol. The number of aromatic amines is 1. The summed E-state index contributed by atoms with van der Waals surface area (Å²) in [5.74, 6) is 1.77. The second kappa shape index (κ2) is 7.70. The Bertz CT molecular complexity index is 857. The second-order valence-corrected chi connectivity index (χ2v) is 7.89. The summed E-state index contributed by atoms with van der Waals surface area (Å²) < 4.78 is 7.88. The van der Waals surface area contributed by atoms with E-state index in [0.29, 0.717) is 0 Å². The van der Waals surface area contributed by atoms with Crippen molar-refractivity contribution in [1.29, 1.82) is 0 Å². The van der Waals surface area contributed by atoms with Crippen LogP contribution < -0.4 is 9.30 Å². The van der Waals surface area contributed by atoms with Gasteiger partial charge in [-0.1, -0.05) is 17.1 Å². The van der Waals surface area contributed by atoms with Crippen LogP contribution in [-0.4, -0.2) is 21.7 Å². The highest BCUT2D eigenvalue weighted by Gasteiger charge is 2.22. The molecule has 0 spiro atoms. The van der Waals surface area contributed by atoms with Crippen LogP contribution in [0.5, 0.6) is 5.75 Å². The molecule has 4 nitrogen and oxygen atoms in total. The Labute approximate surface area is 159 Å². The Balaban J connectivity index is 2.09. The van der Waals surface area contributed by atoms with Gasteiger partial charge in [-0.3, -0.25) is 0 Å². The van der Waals surface area contributed by atoms with Crippen LogP contribution in [0.25, 0.3) is 17.0 Å². The molecule has 1 aromatic carbocycles. The number of hydrogen-bond acceptors (Lipinski definition) is 4. The minimum atomic E-state index is 0.104. The number of para-hydroxylation sites is 2. The number of aromatic nitrogens is 3. The van der Waals surface area contributed by atoms with Crippen LogP contribution in [0.3, 0.4) is 0 Å². The number of nitrogens with zero attached hydrogens (tertiary/aromatic N) is 2. The summed E-state index contributed by atoms with van der Waals surface area (Å²) in [6, 6.07) is 8.08. The molecule has 0 aliphatic rings. The van der Waals surface area contributed by atoms with Crippen LogP contribution in [0.4, 0.5) is 0 Å². The number of methoxy groups -OCH3 is 1. The molecule has 3 aromatic rings. The molecule has 0 bridgehead atoms. The average Bonchev–Trinajstić information content (AvgIpc) is 3.00. The molecule has 6 heteroatoms. The van der Waals surface area contributed by atoms with Crippen molar-refractivity contribution in [2.24, 2.45) is 0 Å². The van der Waals surface area contributed by atoms with E-state index in [2.05, 4.69) is 54.9 Å². The van der Waals surface area contributed by atoms with Gasteiger partial charge in [0.2, 0.25) is 0 Å². The molecule has 0 saturated heterocycles. The Morgan fingerprint density at radius 1 is 1.24 bits per heavy atom. The van der Waals surface area contributed by atoms with Crippen LogP contribution >= 0.6 is 25.3 Å². The summed E-state index contributed by atoms with van der Waals surface area (Å²) in [7, 11) is 1.72. The van der Waals surface area contributed by atoms with Crippen molar-refractivity contribution in [3.05, 3.63) is 47.3 Å². The van der Waals surface area contributed by atoms with Crippen LogP contribution in [0, 0.1) is 13.8 Å². The normalized spacial score (nSPS) is 11.4. The van der Waals surface area contributed by atoms with Crippen molar-refractivity contribution in [3.8, 4) is 11.7 Å². The molecule has 0 fully saturated rings. The standard InChI is InChI=1S/C19H23N3OS2/c1-12-11-22(19-20-14-7-4-5-8-15(14)21-19)16(9-6-10-17(24)25)13(2)18(12)23-3/h4-5,7-8,11,17H,6,9-10H2,1-3H3,(H2-,20,21,24,25)/p+1. The lowest BCUT2D eigenvalue weighted by molar-refractivity contribution is -0.612. The first-order chi connectivity index (χ1) is 12.0. The molecule has 3 rings (SSSR count). The van der Waals surface area contributed by atoms with E-state index in [0.717, 1.165) is 53.1 Å². The Hall–Kier alpha value is -1.66. The molecule has 25 heavy (non-hydrogen) atoms. The van der Waals surface area contributed by atoms with E-state index in [4.69, 9.17) is 9.72 Å². The predicted molar refractivity (Wildman–Crippen MR) is 108 cm³/mol. The van der Waals surface area contributed by atoms with Gasteiger partial charge in [0.15, 0.2) is 5.52 Å². The Morgan fingerprint density at radius 2 is 2.00 bits per heavy atom. The molecule has 2 heterocycles. The summed E-state index contributed by atoms with van der Waals surface area (Å²) in [4.78, 5) is 8.19. The van der Waals surface area contributed by atoms with E-state index in [9.17, 15) is 0 Å². The first kappa shape index (κ1) is 18.1. The molecule has 1 N–H and O–H groups in total. The highest BCUT2D eigenvalue weighted by Crippen LogP contribution is 2.25. The summed E-state index contributed by atoms with van der Waals surface area (Å²) in [6.07, 6.45) is 4.96. The van der Waals surface area contributed by atoms with Gasteiger partial charge < -0.3 is 4.74 Å². The molecule has 0 radical (unpaired) electrons. The highest BCUT2D eigenvalue weighted by atomic mass is 32.2. The van der Waals surface area contributed by atoms with Gasteiger partial charge in [-0.05, 0) is 38.8 Å². The third-order valence-electron chi connectivity index (χ3n) is 4.43. The van der Waals surface area contributed by atoms with Crippen molar-refractivity contribution < 1.29 is 9.30 Å². The number of H-pyrrole nitrogens is 1. The molecular formula is C19H24N3OS2+. The highest BCUT2D eigenvalue weighted by molar-refractivity contribution is 7.99. The summed E-state index contributed by atoms with van der Waals surface area (Å²) >= 11 is 8.74. The van der Waals surface area contributed by atoms with E-state index >= 15 is 0 Å². The zero-order valence-corrected chi connectivity index (χ0v) is 16.6. The lowest BCUT2D eigenvalue weighted by Crippen LogP contribution is -2.38. The van der Waals surface area contributed by atoms with E-state index in [-0.39, 0.29) is 4.58 Å². The fourth-order valence-electron chi connectivity index (χ4n) is 3.25. The maximum absolute atomic E-state index is 5.62.